The summed E-state index contributed by atoms with van der Waals surface area (Å²) in [5.74, 6) is 0. The molecular formula is C15H17N3O2S. The minimum atomic E-state index is -3.55. The fourth-order valence-electron chi connectivity index (χ4n) is 1.97. The topological polar surface area (TPSA) is 71.1 Å². The van der Waals surface area contributed by atoms with Crippen molar-refractivity contribution in [3.63, 3.8) is 0 Å². The van der Waals surface area contributed by atoms with Crippen LogP contribution in [0.3, 0.4) is 0 Å². The van der Waals surface area contributed by atoms with E-state index in [0.29, 0.717) is 11.7 Å². The molecule has 0 atom stereocenters. The van der Waals surface area contributed by atoms with E-state index < -0.39 is 10.0 Å². The van der Waals surface area contributed by atoms with E-state index in [2.05, 4.69) is 15.0 Å². The molecule has 21 heavy (non-hydrogen) atoms. The van der Waals surface area contributed by atoms with Gasteiger partial charge in [-0.3, -0.25) is 9.71 Å². The van der Waals surface area contributed by atoms with Crippen LogP contribution < -0.4 is 10.0 Å². The molecule has 1 aliphatic carbocycles. The zero-order valence-electron chi connectivity index (χ0n) is 11.5. The van der Waals surface area contributed by atoms with Gasteiger partial charge in [-0.05, 0) is 42.7 Å². The highest BCUT2D eigenvalue weighted by Gasteiger charge is 2.20. The minimum absolute atomic E-state index is 0.259. The Balaban J connectivity index is 1.69. The Bertz CT molecular complexity index is 695. The van der Waals surface area contributed by atoms with Gasteiger partial charge in [-0.1, -0.05) is 12.1 Å². The molecule has 1 saturated carbocycles. The summed E-state index contributed by atoms with van der Waals surface area (Å²) in [4.78, 5) is 4.12. The van der Waals surface area contributed by atoms with Gasteiger partial charge in [0.2, 0.25) is 0 Å². The average Bonchev–Trinajstić information content (AvgIpc) is 3.30. The fourth-order valence-corrected chi connectivity index (χ4v) is 3.03. The third-order valence-corrected chi connectivity index (χ3v) is 4.74. The lowest BCUT2D eigenvalue weighted by Gasteiger charge is -2.09. The van der Waals surface area contributed by atoms with Crippen molar-refractivity contribution in [2.75, 3.05) is 4.72 Å². The smallest absolute Gasteiger partial charge is 0.261 e. The summed E-state index contributed by atoms with van der Waals surface area (Å²) < 4.78 is 27.0. The number of aromatic nitrogens is 1. The molecule has 5 nitrogen and oxygen atoms in total. The Hall–Kier alpha value is -1.92. The van der Waals surface area contributed by atoms with Crippen molar-refractivity contribution in [3.05, 3.63) is 54.4 Å². The van der Waals surface area contributed by atoms with E-state index in [0.717, 1.165) is 12.1 Å². The first-order chi connectivity index (χ1) is 10.1. The monoisotopic (exact) mass is 303 g/mol. The molecule has 0 spiro atoms. The summed E-state index contributed by atoms with van der Waals surface area (Å²) in [5, 5.41) is 3.40. The minimum Gasteiger partial charge on any atom is -0.310 e. The highest BCUT2D eigenvalue weighted by molar-refractivity contribution is 7.92. The van der Waals surface area contributed by atoms with Crippen LogP contribution in [0.1, 0.15) is 18.4 Å². The van der Waals surface area contributed by atoms with Gasteiger partial charge in [-0.2, -0.15) is 0 Å². The Labute approximate surface area is 124 Å². The van der Waals surface area contributed by atoms with Crippen LogP contribution in [0.5, 0.6) is 0 Å². The number of sulfonamides is 1. The number of benzene rings is 1. The van der Waals surface area contributed by atoms with Gasteiger partial charge in [-0.25, -0.2) is 8.42 Å². The zero-order chi connectivity index (χ0) is 14.7. The molecule has 0 bridgehead atoms. The van der Waals surface area contributed by atoms with E-state index in [9.17, 15) is 8.42 Å². The molecule has 0 aliphatic heterocycles. The lowest BCUT2D eigenvalue weighted by molar-refractivity contribution is 0.601. The van der Waals surface area contributed by atoms with E-state index >= 15 is 0 Å². The molecule has 110 valence electrons. The average molecular weight is 303 g/mol. The molecule has 1 heterocycles. The number of hydrogen-bond acceptors (Lipinski definition) is 4. The SMILES string of the molecule is O=S(=O)(Nc1ccncc1)c1ccc(CNC2CC2)cc1. The lowest BCUT2D eigenvalue weighted by Crippen LogP contribution is -2.16. The van der Waals surface area contributed by atoms with Crippen LogP contribution in [-0.4, -0.2) is 19.4 Å². The van der Waals surface area contributed by atoms with E-state index in [-0.39, 0.29) is 4.90 Å². The summed E-state index contributed by atoms with van der Waals surface area (Å²) in [7, 11) is -3.55. The number of rotatable bonds is 6. The Kier molecular flexibility index (Phi) is 3.90. The van der Waals surface area contributed by atoms with E-state index in [4.69, 9.17) is 0 Å². The second-order valence-electron chi connectivity index (χ2n) is 5.14. The first-order valence-corrected chi connectivity index (χ1v) is 8.37. The van der Waals surface area contributed by atoms with Gasteiger partial charge >= 0.3 is 0 Å². The number of hydrogen-bond donors (Lipinski definition) is 2. The summed E-state index contributed by atoms with van der Waals surface area (Å²) in [6.45, 7) is 0.781. The number of nitrogens with zero attached hydrogens (tertiary/aromatic N) is 1. The second kappa shape index (κ2) is 5.83. The maximum absolute atomic E-state index is 12.2. The predicted molar refractivity (Wildman–Crippen MR) is 81.3 cm³/mol. The summed E-state index contributed by atoms with van der Waals surface area (Å²) in [6, 6.07) is 10.8. The molecule has 3 rings (SSSR count). The number of pyridine rings is 1. The first kappa shape index (κ1) is 14.0. The van der Waals surface area contributed by atoms with Crippen LogP contribution in [0.4, 0.5) is 5.69 Å². The summed E-state index contributed by atoms with van der Waals surface area (Å²) >= 11 is 0. The Morgan fingerprint density at radius 1 is 1.05 bits per heavy atom. The summed E-state index contributed by atoms with van der Waals surface area (Å²) in [5.41, 5.74) is 1.59. The Morgan fingerprint density at radius 3 is 2.33 bits per heavy atom. The van der Waals surface area contributed by atoms with E-state index in [1.807, 2.05) is 12.1 Å². The predicted octanol–water partition coefficient (Wildman–Crippen LogP) is 2.13. The highest BCUT2D eigenvalue weighted by Crippen LogP contribution is 2.20. The van der Waals surface area contributed by atoms with Gasteiger partial charge < -0.3 is 5.32 Å². The van der Waals surface area contributed by atoms with Crippen molar-refractivity contribution in [3.8, 4) is 0 Å². The largest absolute Gasteiger partial charge is 0.310 e. The maximum Gasteiger partial charge on any atom is 0.261 e. The third-order valence-electron chi connectivity index (χ3n) is 3.34. The van der Waals surface area contributed by atoms with Gasteiger partial charge in [0.05, 0.1) is 10.6 Å². The van der Waals surface area contributed by atoms with Crippen molar-refractivity contribution < 1.29 is 8.42 Å². The molecule has 1 aromatic carbocycles. The highest BCUT2D eigenvalue weighted by atomic mass is 32.2. The molecule has 2 N–H and O–H groups in total. The van der Waals surface area contributed by atoms with Crippen molar-refractivity contribution in [1.29, 1.82) is 0 Å². The van der Waals surface area contributed by atoms with E-state index in [1.54, 1.807) is 36.7 Å². The van der Waals surface area contributed by atoms with Crippen LogP contribution in [-0.2, 0) is 16.6 Å². The molecular weight excluding hydrogens is 286 g/mol. The van der Waals surface area contributed by atoms with Gasteiger partial charge in [0.1, 0.15) is 0 Å². The Morgan fingerprint density at radius 2 is 1.71 bits per heavy atom. The molecule has 0 saturated heterocycles. The van der Waals surface area contributed by atoms with Crippen molar-refractivity contribution >= 4 is 15.7 Å². The molecule has 6 heteroatoms. The maximum atomic E-state index is 12.2. The van der Waals surface area contributed by atoms with Crippen molar-refractivity contribution in [2.24, 2.45) is 0 Å². The third kappa shape index (κ3) is 3.80. The number of anilines is 1. The molecule has 1 fully saturated rings. The normalized spacial score (nSPS) is 14.9. The van der Waals surface area contributed by atoms with Crippen LogP contribution in [0.25, 0.3) is 0 Å². The van der Waals surface area contributed by atoms with Crippen molar-refractivity contribution in [2.45, 2.75) is 30.3 Å². The summed E-state index contributed by atoms with van der Waals surface area (Å²) in [6.07, 6.45) is 5.57. The fraction of sp³-hybridized carbons (Fsp3) is 0.267. The number of nitrogens with one attached hydrogen (secondary N) is 2. The molecule has 0 amide bonds. The van der Waals surface area contributed by atoms with Crippen LogP contribution >= 0.6 is 0 Å². The van der Waals surface area contributed by atoms with Crippen LogP contribution in [0.15, 0.2) is 53.7 Å². The van der Waals surface area contributed by atoms with Crippen molar-refractivity contribution in [1.82, 2.24) is 10.3 Å². The van der Waals surface area contributed by atoms with Gasteiger partial charge in [0.15, 0.2) is 0 Å². The van der Waals surface area contributed by atoms with E-state index in [1.165, 1.54) is 12.8 Å². The molecule has 0 unspecified atom stereocenters. The molecule has 1 aromatic heterocycles. The molecule has 1 aliphatic rings. The van der Waals surface area contributed by atoms with Gasteiger partial charge in [-0.15, -0.1) is 0 Å². The van der Waals surface area contributed by atoms with Crippen LogP contribution in [0.2, 0.25) is 0 Å². The standard InChI is InChI=1S/C15H17N3O2S/c19-21(20,18-14-7-9-16-10-8-14)15-5-1-12(2-6-15)11-17-13-3-4-13/h1-2,5-10,13,17H,3-4,11H2,(H,16,18). The lowest BCUT2D eigenvalue weighted by atomic mass is 10.2. The molecule has 2 aromatic rings. The molecule has 0 radical (unpaired) electrons. The van der Waals surface area contributed by atoms with Crippen LogP contribution in [0, 0.1) is 0 Å². The second-order valence-corrected chi connectivity index (χ2v) is 6.82. The first-order valence-electron chi connectivity index (χ1n) is 6.89. The van der Waals surface area contributed by atoms with Gasteiger partial charge in [0.25, 0.3) is 10.0 Å². The quantitative estimate of drug-likeness (QED) is 0.857. The zero-order valence-corrected chi connectivity index (χ0v) is 12.3. The van der Waals surface area contributed by atoms with Gasteiger partial charge in [0, 0.05) is 25.0 Å².